The molecule has 2 aromatic rings. The fourth-order valence-corrected chi connectivity index (χ4v) is 3.39. The number of hydrogen-bond donors (Lipinski definition) is 1. The maximum absolute atomic E-state index is 12.8. The van der Waals surface area contributed by atoms with Crippen LogP contribution in [0.1, 0.15) is 46.7 Å². The number of rotatable bonds is 6. The van der Waals surface area contributed by atoms with Crippen LogP contribution in [0.15, 0.2) is 24.3 Å². The molecule has 1 heterocycles. The highest BCUT2D eigenvalue weighted by molar-refractivity contribution is 7.14. The van der Waals surface area contributed by atoms with E-state index in [9.17, 15) is 9.59 Å². The molecule has 1 aromatic carbocycles. The molecule has 140 valence electrons. The van der Waals surface area contributed by atoms with Gasteiger partial charge in [0.1, 0.15) is 10.6 Å². The van der Waals surface area contributed by atoms with E-state index in [1.807, 2.05) is 19.1 Å². The van der Waals surface area contributed by atoms with Gasteiger partial charge in [-0.15, -0.1) is 11.3 Å². The first-order valence-electron chi connectivity index (χ1n) is 8.25. The van der Waals surface area contributed by atoms with Gasteiger partial charge in [-0.3, -0.25) is 4.79 Å². The van der Waals surface area contributed by atoms with Crippen LogP contribution in [-0.2, 0) is 16.8 Å². The molecular formula is C19H24N2O4S. The predicted octanol–water partition coefficient (Wildman–Crippen LogP) is 3.48. The zero-order chi connectivity index (χ0) is 19.5. The smallest absolute Gasteiger partial charge is 0.341 e. The average molecular weight is 376 g/mol. The first-order chi connectivity index (χ1) is 12.1. The van der Waals surface area contributed by atoms with Gasteiger partial charge in [0.05, 0.1) is 10.7 Å². The van der Waals surface area contributed by atoms with Crippen molar-refractivity contribution in [3.05, 3.63) is 45.4 Å². The van der Waals surface area contributed by atoms with Gasteiger partial charge < -0.3 is 14.7 Å². The van der Waals surface area contributed by atoms with Crippen LogP contribution in [0, 0.1) is 6.92 Å². The molecular weight excluding hydrogens is 352 g/mol. The minimum atomic E-state index is -1.02. The third-order valence-corrected chi connectivity index (χ3v) is 5.26. The quantitative estimate of drug-likeness (QED) is 0.835. The maximum atomic E-state index is 12.8. The van der Waals surface area contributed by atoms with Gasteiger partial charge in [-0.05, 0) is 24.6 Å². The standard InChI is InChI=1S/C19H24N2O4S/c1-12-16(26-18(20-12)19(2,3)4)17(24)21(5)10-13-6-8-14(9-7-13)25-11-15(22)23/h6-9H,10-11H2,1-5H3,(H,22,23). The predicted molar refractivity (Wildman–Crippen MR) is 101 cm³/mol. The third kappa shape index (κ3) is 5.05. The summed E-state index contributed by atoms with van der Waals surface area (Å²) in [6.45, 7) is 8.17. The van der Waals surface area contributed by atoms with Crippen LogP contribution < -0.4 is 4.74 Å². The Bertz CT molecular complexity index is 791. The van der Waals surface area contributed by atoms with Crippen molar-refractivity contribution in [1.29, 1.82) is 0 Å². The minimum absolute atomic E-state index is 0.0540. The van der Waals surface area contributed by atoms with Gasteiger partial charge in [0, 0.05) is 19.0 Å². The van der Waals surface area contributed by atoms with Crippen molar-refractivity contribution >= 4 is 23.2 Å². The molecule has 0 aliphatic rings. The maximum Gasteiger partial charge on any atom is 0.341 e. The molecule has 0 fully saturated rings. The lowest BCUT2D eigenvalue weighted by Crippen LogP contribution is -2.26. The van der Waals surface area contributed by atoms with E-state index in [1.54, 1.807) is 24.1 Å². The Hall–Kier alpha value is -2.41. The van der Waals surface area contributed by atoms with Crippen molar-refractivity contribution in [1.82, 2.24) is 9.88 Å². The van der Waals surface area contributed by atoms with Crippen LogP contribution >= 0.6 is 11.3 Å². The van der Waals surface area contributed by atoms with E-state index in [0.29, 0.717) is 17.2 Å². The van der Waals surface area contributed by atoms with E-state index in [2.05, 4.69) is 25.8 Å². The summed E-state index contributed by atoms with van der Waals surface area (Å²) in [6, 6.07) is 7.04. The number of aryl methyl sites for hydroxylation is 1. The van der Waals surface area contributed by atoms with Gasteiger partial charge in [0.25, 0.3) is 5.91 Å². The van der Waals surface area contributed by atoms with Gasteiger partial charge in [-0.1, -0.05) is 32.9 Å². The summed E-state index contributed by atoms with van der Waals surface area (Å²) in [4.78, 5) is 30.1. The number of aliphatic carboxylic acids is 1. The molecule has 0 bridgehead atoms. The summed E-state index contributed by atoms with van der Waals surface area (Å²) < 4.78 is 5.11. The Labute approximate surface area is 157 Å². The zero-order valence-electron chi connectivity index (χ0n) is 15.7. The van der Waals surface area contributed by atoms with E-state index >= 15 is 0 Å². The number of carboxylic acids is 1. The number of amides is 1. The molecule has 1 aromatic heterocycles. The number of carbonyl (C=O) groups excluding carboxylic acids is 1. The first kappa shape index (κ1) is 19.9. The Morgan fingerprint density at radius 1 is 1.23 bits per heavy atom. The average Bonchev–Trinajstić information content (AvgIpc) is 2.95. The van der Waals surface area contributed by atoms with Crippen molar-refractivity contribution in [2.45, 2.75) is 39.7 Å². The Morgan fingerprint density at radius 2 is 1.85 bits per heavy atom. The molecule has 2 rings (SSSR count). The number of aromatic nitrogens is 1. The lowest BCUT2D eigenvalue weighted by Gasteiger charge is -2.17. The first-order valence-corrected chi connectivity index (χ1v) is 9.06. The van der Waals surface area contributed by atoms with E-state index in [1.165, 1.54) is 11.3 Å². The number of ether oxygens (including phenoxy) is 1. The van der Waals surface area contributed by atoms with Crippen LogP contribution in [0.2, 0.25) is 0 Å². The van der Waals surface area contributed by atoms with Crippen molar-refractivity contribution < 1.29 is 19.4 Å². The summed E-state index contributed by atoms with van der Waals surface area (Å²) in [7, 11) is 1.76. The number of hydrogen-bond acceptors (Lipinski definition) is 5. The van der Waals surface area contributed by atoms with E-state index < -0.39 is 5.97 Å². The van der Waals surface area contributed by atoms with Gasteiger partial charge >= 0.3 is 5.97 Å². The number of carboxylic acid groups (broad SMARTS) is 1. The fraction of sp³-hybridized carbons (Fsp3) is 0.421. The molecule has 0 atom stereocenters. The second kappa shape index (κ2) is 7.86. The topological polar surface area (TPSA) is 79.7 Å². The molecule has 0 aliphatic heterocycles. The van der Waals surface area contributed by atoms with Crippen molar-refractivity contribution in [3.63, 3.8) is 0 Å². The molecule has 1 N–H and O–H groups in total. The van der Waals surface area contributed by atoms with E-state index in [-0.39, 0.29) is 17.9 Å². The van der Waals surface area contributed by atoms with Crippen LogP contribution in [0.25, 0.3) is 0 Å². The lowest BCUT2D eigenvalue weighted by molar-refractivity contribution is -0.139. The molecule has 1 amide bonds. The second-order valence-corrected chi connectivity index (χ2v) is 8.17. The number of nitrogens with zero attached hydrogens (tertiary/aromatic N) is 2. The third-order valence-electron chi connectivity index (χ3n) is 3.68. The SMILES string of the molecule is Cc1nc(C(C)(C)C)sc1C(=O)N(C)Cc1ccc(OCC(=O)O)cc1. The number of thiazole rings is 1. The van der Waals surface area contributed by atoms with Crippen molar-refractivity contribution in [2.24, 2.45) is 0 Å². The van der Waals surface area contributed by atoms with Crippen molar-refractivity contribution in [2.75, 3.05) is 13.7 Å². The highest BCUT2D eigenvalue weighted by Gasteiger charge is 2.24. The summed E-state index contributed by atoms with van der Waals surface area (Å²) in [5, 5.41) is 9.57. The Morgan fingerprint density at radius 3 is 2.35 bits per heavy atom. The van der Waals surface area contributed by atoms with Gasteiger partial charge in [-0.25, -0.2) is 9.78 Å². The molecule has 0 aliphatic carbocycles. The molecule has 0 saturated carbocycles. The van der Waals surface area contributed by atoms with Crippen LogP contribution in [0.5, 0.6) is 5.75 Å². The van der Waals surface area contributed by atoms with E-state index in [4.69, 9.17) is 9.84 Å². The normalized spacial score (nSPS) is 11.3. The molecule has 0 radical (unpaired) electrons. The summed E-state index contributed by atoms with van der Waals surface area (Å²) in [5.74, 6) is -0.589. The molecule has 0 spiro atoms. The summed E-state index contributed by atoms with van der Waals surface area (Å²) >= 11 is 1.45. The number of benzene rings is 1. The van der Waals surface area contributed by atoms with Gasteiger partial charge in [0.2, 0.25) is 0 Å². The highest BCUT2D eigenvalue weighted by Crippen LogP contribution is 2.30. The zero-order valence-corrected chi connectivity index (χ0v) is 16.5. The van der Waals surface area contributed by atoms with Crippen LogP contribution in [0.4, 0.5) is 0 Å². The van der Waals surface area contributed by atoms with Crippen LogP contribution in [-0.4, -0.2) is 40.5 Å². The minimum Gasteiger partial charge on any atom is -0.482 e. The van der Waals surface area contributed by atoms with E-state index in [0.717, 1.165) is 16.3 Å². The van der Waals surface area contributed by atoms with Crippen molar-refractivity contribution in [3.8, 4) is 5.75 Å². The van der Waals surface area contributed by atoms with Gasteiger partial charge in [-0.2, -0.15) is 0 Å². The molecule has 26 heavy (non-hydrogen) atoms. The Balaban J connectivity index is 2.05. The number of carbonyl (C=O) groups is 2. The van der Waals surface area contributed by atoms with Crippen LogP contribution in [0.3, 0.4) is 0 Å². The highest BCUT2D eigenvalue weighted by atomic mass is 32.1. The lowest BCUT2D eigenvalue weighted by atomic mass is 9.98. The molecule has 0 saturated heterocycles. The second-order valence-electron chi connectivity index (χ2n) is 7.17. The monoisotopic (exact) mass is 376 g/mol. The summed E-state index contributed by atoms with van der Waals surface area (Å²) in [5.41, 5.74) is 1.61. The molecule has 0 unspecified atom stereocenters. The van der Waals surface area contributed by atoms with Gasteiger partial charge in [0.15, 0.2) is 6.61 Å². The Kier molecular flexibility index (Phi) is 6.02. The summed E-state index contributed by atoms with van der Waals surface area (Å²) in [6.07, 6.45) is 0. The molecule has 7 heteroatoms. The molecule has 6 nitrogen and oxygen atoms in total. The largest absolute Gasteiger partial charge is 0.482 e. The fourth-order valence-electron chi connectivity index (χ4n) is 2.27.